The van der Waals surface area contributed by atoms with E-state index < -0.39 is 0 Å². The van der Waals surface area contributed by atoms with Gasteiger partial charge in [-0.15, -0.1) is 0 Å². The van der Waals surface area contributed by atoms with Gasteiger partial charge in [-0.3, -0.25) is 4.98 Å². The predicted molar refractivity (Wildman–Crippen MR) is 63.0 cm³/mol. The zero-order valence-corrected chi connectivity index (χ0v) is 9.54. The molecular weight excluding hydrogens is 200 g/mol. The standard InChI is InChI=1S/C12H16N4/c1-9(13)12(11-5-3-4-6-15-11)16-8-7-14-10(16)2/h3-9,12H,13H2,1-2H3. The Morgan fingerprint density at radius 2 is 2.06 bits per heavy atom. The van der Waals surface area contributed by atoms with E-state index in [0.717, 1.165) is 11.5 Å². The average Bonchev–Trinajstić information content (AvgIpc) is 2.66. The molecule has 2 heterocycles. The van der Waals surface area contributed by atoms with Gasteiger partial charge in [0.1, 0.15) is 5.82 Å². The topological polar surface area (TPSA) is 56.7 Å². The van der Waals surface area contributed by atoms with E-state index in [4.69, 9.17) is 5.73 Å². The highest BCUT2D eigenvalue weighted by Gasteiger charge is 2.20. The van der Waals surface area contributed by atoms with E-state index in [1.165, 1.54) is 0 Å². The van der Waals surface area contributed by atoms with Gasteiger partial charge in [0.2, 0.25) is 0 Å². The van der Waals surface area contributed by atoms with Crippen molar-refractivity contribution in [1.82, 2.24) is 14.5 Å². The summed E-state index contributed by atoms with van der Waals surface area (Å²) >= 11 is 0. The number of rotatable bonds is 3. The maximum atomic E-state index is 6.04. The van der Waals surface area contributed by atoms with E-state index >= 15 is 0 Å². The molecular formula is C12H16N4. The molecule has 4 nitrogen and oxygen atoms in total. The molecule has 0 radical (unpaired) electrons. The van der Waals surface area contributed by atoms with Crippen molar-refractivity contribution in [3.05, 3.63) is 48.3 Å². The van der Waals surface area contributed by atoms with Gasteiger partial charge >= 0.3 is 0 Å². The smallest absolute Gasteiger partial charge is 0.106 e. The van der Waals surface area contributed by atoms with Gasteiger partial charge in [-0.05, 0) is 26.0 Å². The Balaban J connectivity index is 2.43. The van der Waals surface area contributed by atoms with Crippen LogP contribution in [-0.2, 0) is 0 Å². The van der Waals surface area contributed by atoms with Crippen molar-refractivity contribution in [3.8, 4) is 0 Å². The monoisotopic (exact) mass is 216 g/mol. The molecule has 0 aliphatic carbocycles. The van der Waals surface area contributed by atoms with Gasteiger partial charge in [-0.2, -0.15) is 0 Å². The number of imidazole rings is 1. The summed E-state index contributed by atoms with van der Waals surface area (Å²) in [6.07, 6.45) is 5.52. The number of nitrogens with zero attached hydrogens (tertiary/aromatic N) is 3. The Labute approximate surface area is 95.1 Å². The predicted octanol–water partition coefficient (Wildman–Crippen LogP) is 1.52. The molecule has 0 saturated heterocycles. The Morgan fingerprint density at radius 1 is 1.25 bits per heavy atom. The van der Waals surface area contributed by atoms with Crippen LogP contribution in [0.15, 0.2) is 36.8 Å². The molecule has 0 bridgehead atoms. The molecule has 16 heavy (non-hydrogen) atoms. The van der Waals surface area contributed by atoms with Crippen molar-refractivity contribution >= 4 is 0 Å². The van der Waals surface area contributed by atoms with Crippen molar-refractivity contribution in [3.63, 3.8) is 0 Å². The second-order valence-electron chi connectivity index (χ2n) is 3.94. The van der Waals surface area contributed by atoms with E-state index in [-0.39, 0.29) is 12.1 Å². The van der Waals surface area contributed by atoms with Gasteiger partial charge < -0.3 is 10.3 Å². The number of hydrogen-bond acceptors (Lipinski definition) is 3. The normalized spacial score (nSPS) is 14.7. The van der Waals surface area contributed by atoms with E-state index in [0.29, 0.717) is 0 Å². The van der Waals surface area contributed by atoms with E-state index in [9.17, 15) is 0 Å². The summed E-state index contributed by atoms with van der Waals surface area (Å²) in [4.78, 5) is 8.59. The van der Waals surface area contributed by atoms with E-state index in [1.807, 2.05) is 38.2 Å². The van der Waals surface area contributed by atoms with Crippen LogP contribution in [0.1, 0.15) is 24.5 Å². The van der Waals surface area contributed by atoms with Gasteiger partial charge in [-0.1, -0.05) is 6.07 Å². The van der Waals surface area contributed by atoms with Gasteiger partial charge in [0.15, 0.2) is 0 Å². The molecule has 0 aromatic carbocycles. The third-order valence-corrected chi connectivity index (χ3v) is 2.65. The lowest BCUT2D eigenvalue weighted by molar-refractivity contribution is 0.476. The molecule has 4 heteroatoms. The number of aryl methyl sites for hydroxylation is 1. The molecule has 0 aliphatic rings. The van der Waals surface area contributed by atoms with Crippen LogP contribution in [0, 0.1) is 6.92 Å². The summed E-state index contributed by atoms with van der Waals surface area (Å²) < 4.78 is 2.06. The van der Waals surface area contributed by atoms with Crippen LogP contribution < -0.4 is 5.73 Å². The third-order valence-electron chi connectivity index (χ3n) is 2.65. The van der Waals surface area contributed by atoms with Gasteiger partial charge in [-0.25, -0.2) is 4.98 Å². The van der Waals surface area contributed by atoms with Crippen molar-refractivity contribution in [2.45, 2.75) is 25.9 Å². The summed E-state index contributed by atoms with van der Waals surface area (Å²) in [5, 5.41) is 0. The third kappa shape index (κ3) is 1.97. The summed E-state index contributed by atoms with van der Waals surface area (Å²) in [5.41, 5.74) is 7.01. The number of pyridine rings is 1. The molecule has 2 atom stereocenters. The quantitative estimate of drug-likeness (QED) is 0.846. The number of hydrogen-bond donors (Lipinski definition) is 1. The first-order valence-corrected chi connectivity index (χ1v) is 5.36. The summed E-state index contributed by atoms with van der Waals surface area (Å²) in [5.74, 6) is 0.952. The highest BCUT2D eigenvalue weighted by molar-refractivity contribution is 5.14. The summed E-state index contributed by atoms with van der Waals surface area (Å²) in [6.45, 7) is 3.96. The minimum absolute atomic E-state index is 0.0113. The van der Waals surface area contributed by atoms with Crippen LogP contribution in [0.2, 0.25) is 0 Å². The molecule has 2 aromatic heterocycles. The highest BCUT2D eigenvalue weighted by atomic mass is 15.1. The van der Waals surface area contributed by atoms with Crippen molar-refractivity contribution in [2.24, 2.45) is 5.73 Å². The number of aromatic nitrogens is 3. The molecule has 84 valence electrons. The van der Waals surface area contributed by atoms with Gasteiger partial charge in [0.05, 0.1) is 11.7 Å². The lowest BCUT2D eigenvalue weighted by Gasteiger charge is -2.23. The molecule has 0 aliphatic heterocycles. The summed E-state index contributed by atoms with van der Waals surface area (Å²) in [6, 6.07) is 5.91. The van der Waals surface area contributed by atoms with Crippen molar-refractivity contribution in [2.75, 3.05) is 0 Å². The fourth-order valence-corrected chi connectivity index (χ4v) is 1.90. The average molecular weight is 216 g/mol. The molecule has 0 saturated carbocycles. The minimum Gasteiger partial charge on any atom is -0.326 e. The highest BCUT2D eigenvalue weighted by Crippen LogP contribution is 2.20. The van der Waals surface area contributed by atoms with Gasteiger partial charge in [0.25, 0.3) is 0 Å². The minimum atomic E-state index is -0.0113. The van der Waals surface area contributed by atoms with Crippen LogP contribution in [-0.4, -0.2) is 20.6 Å². The zero-order valence-electron chi connectivity index (χ0n) is 9.54. The molecule has 2 rings (SSSR count). The Kier molecular flexibility index (Phi) is 3.01. The second-order valence-corrected chi connectivity index (χ2v) is 3.94. The second kappa shape index (κ2) is 4.45. The SMILES string of the molecule is Cc1nccn1C(c1ccccn1)C(C)N. The van der Waals surface area contributed by atoms with E-state index in [1.54, 1.807) is 12.4 Å². The first-order valence-electron chi connectivity index (χ1n) is 5.36. The molecule has 0 amide bonds. The van der Waals surface area contributed by atoms with Crippen molar-refractivity contribution in [1.29, 1.82) is 0 Å². The first-order chi connectivity index (χ1) is 7.70. The summed E-state index contributed by atoms with van der Waals surface area (Å²) in [7, 11) is 0. The maximum Gasteiger partial charge on any atom is 0.106 e. The molecule has 0 spiro atoms. The van der Waals surface area contributed by atoms with Crippen LogP contribution in [0.3, 0.4) is 0 Å². The van der Waals surface area contributed by atoms with Crippen LogP contribution in [0.4, 0.5) is 0 Å². The Hall–Kier alpha value is -1.68. The fourth-order valence-electron chi connectivity index (χ4n) is 1.90. The van der Waals surface area contributed by atoms with Gasteiger partial charge in [0, 0.05) is 24.6 Å². The maximum absolute atomic E-state index is 6.04. The van der Waals surface area contributed by atoms with Crippen LogP contribution in [0.5, 0.6) is 0 Å². The lowest BCUT2D eigenvalue weighted by Crippen LogP contribution is -2.31. The first kappa shape index (κ1) is 10.8. The largest absolute Gasteiger partial charge is 0.326 e. The molecule has 2 N–H and O–H groups in total. The zero-order chi connectivity index (χ0) is 11.5. The Bertz CT molecular complexity index is 447. The molecule has 2 aromatic rings. The molecule has 2 unspecified atom stereocenters. The van der Waals surface area contributed by atoms with Crippen LogP contribution in [0.25, 0.3) is 0 Å². The number of nitrogens with two attached hydrogens (primary N) is 1. The van der Waals surface area contributed by atoms with E-state index in [2.05, 4.69) is 14.5 Å². The lowest BCUT2D eigenvalue weighted by atomic mass is 10.1. The van der Waals surface area contributed by atoms with Crippen molar-refractivity contribution < 1.29 is 0 Å². The van der Waals surface area contributed by atoms with Crippen LogP contribution >= 0.6 is 0 Å². The Morgan fingerprint density at radius 3 is 2.56 bits per heavy atom. The molecule has 0 fully saturated rings. The fraction of sp³-hybridized carbons (Fsp3) is 0.333.